The Morgan fingerprint density at radius 1 is 0.765 bits per heavy atom. The zero-order chi connectivity index (χ0) is 8.69. The monoisotopic (exact) mass is 242 g/mol. The van der Waals surface area contributed by atoms with Crippen LogP contribution in [0.4, 0.5) is 0 Å². The molecule has 0 aromatic heterocycles. The predicted octanol–water partition coefficient (Wildman–Crippen LogP) is -13.6. The van der Waals surface area contributed by atoms with E-state index in [1.54, 1.807) is 0 Å². The molecule has 11 nitrogen and oxygen atoms in total. The largest absolute Gasteiger partial charge is 1.00 e. The van der Waals surface area contributed by atoms with Crippen LogP contribution in [-0.2, 0) is 23.1 Å². The van der Waals surface area contributed by atoms with Crippen molar-refractivity contribution in [3.63, 3.8) is 0 Å². The van der Waals surface area contributed by atoms with E-state index in [-0.39, 0.29) is 74.3 Å². The minimum atomic E-state index is -2.27. The summed E-state index contributed by atoms with van der Waals surface area (Å²) >= 11 is 0. The molecule has 0 fully saturated rings. The summed E-state index contributed by atoms with van der Waals surface area (Å²) in [5.74, 6) is 0. The first-order chi connectivity index (χ1) is 5.20. The quantitative estimate of drug-likeness (QED) is 0.406. The third-order valence-corrected chi connectivity index (χ3v) is 0.556. The normalized spacial score (nSPS) is 4.82. The van der Waals surface area contributed by atoms with Gasteiger partial charge in [-0.15, -0.1) is 0 Å². The van der Waals surface area contributed by atoms with E-state index in [1.807, 2.05) is 0 Å². The van der Waals surface area contributed by atoms with E-state index in [9.17, 15) is 19.5 Å². The van der Waals surface area contributed by atoms with Crippen molar-refractivity contribution in [3.8, 4) is 0 Å². The summed E-state index contributed by atoms with van der Waals surface area (Å²) in [7, 11) is -4.92. The zero-order valence-electron chi connectivity index (χ0n) is 9.17. The molecule has 8 N–H and O–H groups in total. The average Bonchev–Trinajstić information content (AvgIpc) is 1.87. The summed E-state index contributed by atoms with van der Waals surface area (Å²) in [6, 6.07) is 0. The molecule has 0 saturated carbocycles. The Labute approximate surface area is 122 Å². The first-order valence-electron chi connectivity index (χ1n) is 2.36. The molecule has 0 aromatic carbocycles. The Kier molecular flexibility index (Phi) is 76.2. The van der Waals surface area contributed by atoms with Crippen molar-refractivity contribution in [1.29, 1.82) is 0 Å². The van der Waals surface area contributed by atoms with Crippen LogP contribution in [0.5, 0.6) is 0 Å². The molecule has 0 aliphatic heterocycles. The second kappa shape index (κ2) is 29.9. The predicted molar refractivity (Wildman–Crippen MR) is 42.1 cm³/mol. The molecule has 0 aromatic rings. The van der Waals surface area contributed by atoms with E-state index < -0.39 is 14.6 Å². The Morgan fingerprint density at radius 3 is 1.18 bits per heavy atom. The van der Waals surface area contributed by atoms with Crippen molar-refractivity contribution < 1.29 is 92.8 Å². The van der Waals surface area contributed by atoms with Crippen molar-refractivity contribution in [1.82, 2.24) is 0 Å². The van der Waals surface area contributed by atoms with Gasteiger partial charge in [0, 0.05) is 0 Å². The first-order valence-corrected chi connectivity index (χ1v) is 2.36. The van der Waals surface area contributed by atoms with Crippen LogP contribution in [0, 0.1) is 0 Å². The van der Waals surface area contributed by atoms with Crippen molar-refractivity contribution >= 4 is 29.3 Å². The van der Waals surface area contributed by atoms with Gasteiger partial charge in [-0.1, -0.05) is 0 Å². The topological polar surface area (TPSA) is 234 Å². The molecule has 0 bridgehead atoms. The molecule has 0 aliphatic rings. The van der Waals surface area contributed by atoms with Gasteiger partial charge in [-0.05, 0) is 0 Å². The fourth-order valence-corrected chi connectivity index (χ4v) is 0.246. The molecule has 0 rings (SSSR count). The smallest absolute Gasteiger partial charge is 1.00 e. The Bertz CT molecular complexity index is 121. The molecule has 17 heavy (non-hydrogen) atoms. The SMILES string of the molecule is O.O.O.O.O=BOB([O-])OB([O-])OB=O.[Li+].[Li+]. The molecule has 0 radical (unpaired) electrons. The minimum Gasteiger partial charge on any atom is 1.00 e. The van der Waals surface area contributed by atoms with E-state index in [2.05, 4.69) is 13.7 Å². The maximum absolute atomic E-state index is 10.1. The second-order valence-corrected chi connectivity index (χ2v) is 1.18. The second-order valence-electron chi connectivity index (χ2n) is 1.18. The fourth-order valence-electron chi connectivity index (χ4n) is 0.246. The Morgan fingerprint density at radius 2 is 1.00 bits per heavy atom. The van der Waals surface area contributed by atoms with Crippen LogP contribution in [-0.4, -0.2) is 51.3 Å². The van der Waals surface area contributed by atoms with Crippen molar-refractivity contribution in [2.75, 3.05) is 0 Å². The molecule has 0 spiro atoms. The maximum Gasteiger partial charge on any atom is 1.00 e. The minimum absolute atomic E-state index is 0. The van der Waals surface area contributed by atoms with E-state index in [0.717, 1.165) is 0 Å². The molecule has 0 heterocycles. The van der Waals surface area contributed by atoms with Gasteiger partial charge in [0.1, 0.15) is 0 Å². The molecule has 88 valence electrons. The number of rotatable bonds is 6. The molecule has 0 atom stereocenters. The first kappa shape index (κ1) is 43.3. The number of hydrogen-bond acceptors (Lipinski definition) is 7. The standard InChI is InChI=1S/B4O7.2Li.4H2O/c5-1-9-3(7)11-4(8)10-2-6;;;;;;/h;;;4*1H2/q-2;2*+1;;;;. The summed E-state index contributed by atoms with van der Waals surface area (Å²) < 4.78 is 29.8. The van der Waals surface area contributed by atoms with Crippen LogP contribution < -0.4 is 47.8 Å². The van der Waals surface area contributed by atoms with E-state index >= 15 is 0 Å². The molecule has 0 aliphatic carbocycles. The third kappa shape index (κ3) is 31.4. The maximum atomic E-state index is 10.1. The van der Waals surface area contributed by atoms with Gasteiger partial charge in [0.25, 0.3) is 0 Å². The van der Waals surface area contributed by atoms with Gasteiger partial charge in [0.15, 0.2) is 0 Å². The van der Waals surface area contributed by atoms with Gasteiger partial charge >= 0.3 is 100 Å². The van der Waals surface area contributed by atoms with E-state index in [4.69, 9.17) is 0 Å². The average molecular weight is 241 g/mol. The summed E-state index contributed by atoms with van der Waals surface area (Å²) in [5.41, 5.74) is 0. The van der Waals surface area contributed by atoms with Gasteiger partial charge in [0.2, 0.25) is 0 Å². The van der Waals surface area contributed by atoms with Crippen LogP contribution in [0.2, 0.25) is 0 Å². The summed E-state index contributed by atoms with van der Waals surface area (Å²) in [6.45, 7) is 0. The van der Waals surface area contributed by atoms with Gasteiger partial charge in [-0.25, -0.2) is 0 Å². The Balaban J connectivity index is -0.0000000333. The molecule has 0 amide bonds. The molecule has 17 heteroatoms. The summed E-state index contributed by atoms with van der Waals surface area (Å²) in [5, 5.41) is 20.3. The van der Waals surface area contributed by atoms with E-state index in [1.165, 1.54) is 0 Å². The van der Waals surface area contributed by atoms with Gasteiger partial charge < -0.3 is 21.9 Å². The Hall–Kier alpha value is 0.375. The van der Waals surface area contributed by atoms with Crippen LogP contribution in [0.3, 0.4) is 0 Å². The van der Waals surface area contributed by atoms with Gasteiger partial charge in [-0.2, -0.15) is 0 Å². The molecule has 0 saturated heterocycles. The van der Waals surface area contributed by atoms with Gasteiger partial charge in [0.05, 0.1) is 0 Å². The van der Waals surface area contributed by atoms with Crippen LogP contribution >= 0.6 is 0 Å². The zero-order valence-corrected chi connectivity index (χ0v) is 9.17. The van der Waals surface area contributed by atoms with E-state index in [0.29, 0.717) is 0 Å². The van der Waals surface area contributed by atoms with Crippen molar-refractivity contribution in [2.24, 2.45) is 0 Å². The molecule has 0 unspecified atom stereocenters. The fraction of sp³-hybridized carbons (Fsp3) is 0. The van der Waals surface area contributed by atoms with Crippen LogP contribution in [0.1, 0.15) is 0 Å². The van der Waals surface area contributed by atoms with Crippen molar-refractivity contribution in [2.45, 2.75) is 0 Å². The molecular formula is H8B4Li2O11. The van der Waals surface area contributed by atoms with Crippen molar-refractivity contribution in [3.05, 3.63) is 0 Å². The third-order valence-electron chi connectivity index (χ3n) is 0.556. The van der Waals surface area contributed by atoms with Gasteiger partial charge in [-0.3, -0.25) is 0 Å². The molecular weight excluding hydrogens is 233 g/mol. The summed E-state index contributed by atoms with van der Waals surface area (Å²) in [4.78, 5) is 0. The van der Waals surface area contributed by atoms with Crippen LogP contribution in [0.25, 0.3) is 0 Å². The van der Waals surface area contributed by atoms with Crippen LogP contribution in [0.15, 0.2) is 0 Å². The summed E-state index contributed by atoms with van der Waals surface area (Å²) in [6.07, 6.45) is 0. The number of hydrogen-bond donors (Lipinski definition) is 0.